The van der Waals surface area contributed by atoms with E-state index in [2.05, 4.69) is 11.4 Å². The SMILES string of the molecule is CC(C)[C@@]1(C#N)C(=O)NC[C@H]1C. The maximum Gasteiger partial charge on any atom is 0.241 e. The molecule has 66 valence electrons. The fourth-order valence-electron chi connectivity index (χ4n) is 1.90. The van der Waals surface area contributed by atoms with Crippen LogP contribution in [0.1, 0.15) is 20.8 Å². The van der Waals surface area contributed by atoms with E-state index < -0.39 is 5.41 Å². The van der Waals surface area contributed by atoms with Gasteiger partial charge in [-0.2, -0.15) is 5.26 Å². The van der Waals surface area contributed by atoms with Gasteiger partial charge in [0.05, 0.1) is 6.07 Å². The number of amides is 1. The Kier molecular flexibility index (Phi) is 2.10. The fraction of sp³-hybridized carbons (Fsp3) is 0.778. The molecule has 1 saturated heterocycles. The summed E-state index contributed by atoms with van der Waals surface area (Å²) in [5.41, 5.74) is -0.792. The van der Waals surface area contributed by atoms with Gasteiger partial charge >= 0.3 is 0 Å². The van der Waals surface area contributed by atoms with Gasteiger partial charge in [0.25, 0.3) is 0 Å². The molecule has 0 unspecified atom stereocenters. The largest absolute Gasteiger partial charge is 0.354 e. The zero-order valence-corrected chi connectivity index (χ0v) is 7.72. The van der Waals surface area contributed by atoms with Crippen molar-refractivity contribution in [3.8, 4) is 6.07 Å². The van der Waals surface area contributed by atoms with E-state index in [1.165, 1.54) is 0 Å². The van der Waals surface area contributed by atoms with Gasteiger partial charge in [0.2, 0.25) is 5.91 Å². The minimum atomic E-state index is -0.792. The first kappa shape index (κ1) is 9.05. The zero-order valence-electron chi connectivity index (χ0n) is 7.72. The Morgan fingerprint density at radius 2 is 2.33 bits per heavy atom. The van der Waals surface area contributed by atoms with Gasteiger partial charge in [0, 0.05) is 12.5 Å². The van der Waals surface area contributed by atoms with Gasteiger partial charge in [-0.1, -0.05) is 20.8 Å². The van der Waals surface area contributed by atoms with E-state index in [-0.39, 0.29) is 17.7 Å². The highest BCUT2D eigenvalue weighted by atomic mass is 16.2. The van der Waals surface area contributed by atoms with E-state index in [1.807, 2.05) is 20.8 Å². The lowest BCUT2D eigenvalue weighted by Gasteiger charge is -2.26. The van der Waals surface area contributed by atoms with Gasteiger partial charge in [-0.25, -0.2) is 0 Å². The first-order valence-electron chi connectivity index (χ1n) is 4.25. The number of rotatable bonds is 1. The summed E-state index contributed by atoms with van der Waals surface area (Å²) in [7, 11) is 0. The smallest absolute Gasteiger partial charge is 0.241 e. The highest BCUT2D eigenvalue weighted by molar-refractivity contribution is 5.88. The molecule has 1 N–H and O–H groups in total. The number of nitrogens with zero attached hydrogens (tertiary/aromatic N) is 1. The summed E-state index contributed by atoms with van der Waals surface area (Å²) in [5, 5.41) is 11.7. The lowest BCUT2D eigenvalue weighted by Crippen LogP contribution is -2.37. The number of hydrogen-bond acceptors (Lipinski definition) is 2. The van der Waals surface area contributed by atoms with Crippen molar-refractivity contribution in [2.45, 2.75) is 20.8 Å². The van der Waals surface area contributed by atoms with Crippen LogP contribution in [0.3, 0.4) is 0 Å². The third kappa shape index (κ3) is 0.911. The van der Waals surface area contributed by atoms with E-state index in [0.29, 0.717) is 6.54 Å². The Morgan fingerprint density at radius 1 is 1.75 bits per heavy atom. The topological polar surface area (TPSA) is 52.9 Å². The van der Waals surface area contributed by atoms with E-state index in [1.54, 1.807) is 0 Å². The first-order chi connectivity index (χ1) is 5.55. The second-order valence-corrected chi connectivity index (χ2v) is 3.75. The molecule has 0 spiro atoms. The third-order valence-corrected chi connectivity index (χ3v) is 2.82. The van der Waals surface area contributed by atoms with Crippen LogP contribution in [0.5, 0.6) is 0 Å². The van der Waals surface area contributed by atoms with Gasteiger partial charge in [0.1, 0.15) is 5.41 Å². The quantitative estimate of drug-likeness (QED) is 0.629. The molecule has 0 aromatic carbocycles. The Bertz CT molecular complexity index is 241. The normalized spacial score (nSPS) is 34.9. The molecule has 0 aromatic heterocycles. The monoisotopic (exact) mass is 166 g/mol. The van der Waals surface area contributed by atoms with Crippen molar-refractivity contribution in [2.24, 2.45) is 17.3 Å². The van der Waals surface area contributed by atoms with Crippen molar-refractivity contribution in [1.29, 1.82) is 5.26 Å². The van der Waals surface area contributed by atoms with Gasteiger partial charge in [-0.15, -0.1) is 0 Å². The third-order valence-electron chi connectivity index (χ3n) is 2.82. The zero-order chi connectivity index (χ0) is 9.35. The maximum atomic E-state index is 11.4. The standard InChI is InChI=1S/C9H14N2O/c1-6(2)9(5-10)7(3)4-11-8(9)12/h6-7H,4H2,1-3H3,(H,11,12)/t7-,9-/m1/s1. The van der Waals surface area contributed by atoms with Gasteiger partial charge in [-0.05, 0) is 5.92 Å². The summed E-state index contributed by atoms with van der Waals surface area (Å²) in [4.78, 5) is 11.4. The molecule has 1 aliphatic heterocycles. The lowest BCUT2D eigenvalue weighted by molar-refractivity contribution is -0.127. The van der Waals surface area contributed by atoms with Crippen LogP contribution in [0.2, 0.25) is 0 Å². The molecule has 1 heterocycles. The van der Waals surface area contributed by atoms with E-state index in [0.717, 1.165) is 0 Å². The summed E-state index contributed by atoms with van der Waals surface area (Å²) in [5.74, 6) is 0.0995. The van der Waals surface area contributed by atoms with Crippen LogP contribution in [0, 0.1) is 28.6 Å². The van der Waals surface area contributed by atoms with Crippen molar-refractivity contribution >= 4 is 5.91 Å². The first-order valence-corrected chi connectivity index (χ1v) is 4.25. The van der Waals surface area contributed by atoms with E-state index >= 15 is 0 Å². The average molecular weight is 166 g/mol. The molecule has 0 saturated carbocycles. The predicted molar refractivity (Wildman–Crippen MR) is 45.1 cm³/mol. The number of nitrogens with one attached hydrogen (secondary N) is 1. The van der Waals surface area contributed by atoms with Crippen LogP contribution < -0.4 is 5.32 Å². The number of carbonyl (C=O) groups is 1. The predicted octanol–water partition coefficient (Wildman–Crippen LogP) is 0.918. The molecule has 0 aliphatic carbocycles. The number of hydrogen-bond donors (Lipinski definition) is 1. The van der Waals surface area contributed by atoms with E-state index in [4.69, 9.17) is 5.26 Å². The summed E-state index contributed by atoms with van der Waals surface area (Å²) >= 11 is 0. The molecule has 1 rings (SSSR count). The highest BCUT2D eigenvalue weighted by Crippen LogP contribution is 2.38. The van der Waals surface area contributed by atoms with Crippen molar-refractivity contribution in [1.82, 2.24) is 5.32 Å². The number of carbonyl (C=O) groups excluding carboxylic acids is 1. The molecular formula is C9H14N2O. The second kappa shape index (κ2) is 2.78. The minimum Gasteiger partial charge on any atom is -0.354 e. The van der Waals surface area contributed by atoms with Crippen molar-refractivity contribution < 1.29 is 4.79 Å². The Morgan fingerprint density at radius 3 is 2.50 bits per heavy atom. The molecule has 2 atom stereocenters. The lowest BCUT2D eigenvalue weighted by atomic mass is 9.71. The minimum absolute atomic E-state index is 0.0833. The van der Waals surface area contributed by atoms with Crippen molar-refractivity contribution in [2.75, 3.05) is 6.54 Å². The molecule has 3 nitrogen and oxygen atoms in total. The highest BCUT2D eigenvalue weighted by Gasteiger charge is 2.50. The van der Waals surface area contributed by atoms with E-state index in [9.17, 15) is 4.79 Å². The molecule has 0 aromatic rings. The van der Waals surface area contributed by atoms with Gasteiger partial charge in [-0.3, -0.25) is 4.79 Å². The van der Waals surface area contributed by atoms with Crippen molar-refractivity contribution in [3.05, 3.63) is 0 Å². The van der Waals surface area contributed by atoms with Gasteiger partial charge in [0.15, 0.2) is 0 Å². The summed E-state index contributed by atoms with van der Waals surface area (Å²) in [6.45, 7) is 6.42. The molecular weight excluding hydrogens is 152 g/mol. The maximum absolute atomic E-state index is 11.4. The molecule has 12 heavy (non-hydrogen) atoms. The van der Waals surface area contributed by atoms with Crippen LogP contribution >= 0.6 is 0 Å². The number of nitriles is 1. The molecule has 1 aliphatic rings. The average Bonchev–Trinajstić information content (AvgIpc) is 2.29. The molecule has 0 radical (unpaired) electrons. The molecule has 1 fully saturated rings. The van der Waals surface area contributed by atoms with Crippen molar-refractivity contribution in [3.63, 3.8) is 0 Å². The summed E-state index contributed by atoms with van der Waals surface area (Å²) in [6.07, 6.45) is 0. The molecule has 3 heteroatoms. The summed E-state index contributed by atoms with van der Waals surface area (Å²) in [6, 6.07) is 2.16. The summed E-state index contributed by atoms with van der Waals surface area (Å²) < 4.78 is 0. The Labute approximate surface area is 72.8 Å². The van der Waals surface area contributed by atoms with Crippen LogP contribution in [0.25, 0.3) is 0 Å². The second-order valence-electron chi connectivity index (χ2n) is 3.75. The Hall–Kier alpha value is -1.04. The fourth-order valence-corrected chi connectivity index (χ4v) is 1.90. The van der Waals surface area contributed by atoms with Crippen LogP contribution in [0.4, 0.5) is 0 Å². The van der Waals surface area contributed by atoms with Gasteiger partial charge < -0.3 is 5.32 Å². The molecule has 1 amide bonds. The molecule has 0 bridgehead atoms. The Balaban J connectivity index is 3.07. The van der Waals surface area contributed by atoms with Crippen LogP contribution in [0.15, 0.2) is 0 Å². The van der Waals surface area contributed by atoms with Crippen LogP contribution in [-0.2, 0) is 4.79 Å². The van der Waals surface area contributed by atoms with Crippen LogP contribution in [-0.4, -0.2) is 12.5 Å².